The van der Waals surface area contributed by atoms with Crippen molar-refractivity contribution in [2.75, 3.05) is 13.7 Å². The Kier molecular flexibility index (Phi) is 4.55. The number of rotatable bonds is 6. The van der Waals surface area contributed by atoms with E-state index >= 15 is 0 Å². The van der Waals surface area contributed by atoms with Gasteiger partial charge in [-0.25, -0.2) is 4.39 Å². The van der Waals surface area contributed by atoms with Crippen molar-refractivity contribution in [2.45, 2.75) is 38.0 Å². The van der Waals surface area contributed by atoms with Crippen LogP contribution in [0.25, 0.3) is 0 Å². The molecule has 2 rings (SSSR count). The van der Waals surface area contributed by atoms with Gasteiger partial charge in [0.25, 0.3) is 0 Å². The molecule has 1 aromatic rings. The lowest BCUT2D eigenvalue weighted by Gasteiger charge is -2.43. The van der Waals surface area contributed by atoms with E-state index in [0.29, 0.717) is 18.4 Å². The molecule has 0 saturated heterocycles. The van der Waals surface area contributed by atoms with E-state index in [2.05, 4.69) is 12.2 Å². The smallest absolute Gasteiger partial charge is 0.165 e. The van der Waals surface area contributed by atoms with Crippen molar-refractivity contribution in [1.82, 2.24) is 5.32 Å². The molecule has 0 amide bonds. The van der Waals surface area contributed by atoms with Crippen molar-refractivity contribution >= 4 is 0 Å². The average molecular weight is 253 g/mol. The molecule has 1 fully saturated rings. The zero-order valence-corrected chi connectivity index (χ0v) is 10.9. The summed E-state index contributed by atoms with van der Waals surface area (Å²) < 4.78 is 24.9. The molecule has 100 valence electrons. The first-order valence-corrected chi connectivity index (χ1v) is 6.46. The summed E-state index contributed by atoms with van der Waals surface area (Å²) in [6.45, 7) is 2.78. The Morgan fingerprint density at radius 2 is 2.17 bits per heavy atom. The Morgan fingerprint density at radius 1 is 1.39 bits per heavy atom. The van der Waals surface area contributed by atoms with Crippen LogP contribution < -0.4 is 10.1 Å². The molecule has 0 spiro atoms. The van der Waals surface area contributed by atoms with Crippen molar-refractivity contribution in [2.24, 2.45) is 0 Å². The van der Waals surface area contributed by atoms with Gasteiger partial charge in [0.2, 0.25) is 0 Å². The molecule has 0 bridgehead atoms. The number of hydrogen-bond acceptors (Lipinski definition) is 3. The van der Waals surface area contributed by atoms with Crippen molar-refractivity contribution in [3.63, 3.8) is 0 Å². The SMILES string of the molecule is CCCOC1C(NC)CC1Oc1ccccc1F. The van der Waals surface area contributed by atoms with Crippen molar-refractivity contribution < 1.29 is 13.9 Å². The fourth-order valence-corrected chi connectivity index (χ4v) is 2.16. The number of para-hydroxylation sites is 1. The molecular formula is C14H20FNO2. The lowest BCUT2D eigenvalue weighted by Crippen LogP contribution is -2.60. The average Bonchev–Trinajstić information content (AvgIpc) is 2.36. The van der Waals surface area contributed by atoms with Crippen molar-refractivity contribution in [3.8, 4) is 5.75 Å². The Hall–Kier alpha value is -1.13. The van der Waals surface area contributed by atoms with Crippen LogP contribution in [0.2, 0.25) is 0 Å². The molecule has 18 heavy (non-hydrogen) atoms. The maximum atomic E-state index is 13.5. The van der Waals surface area contributed by atoms with Crippen LogP contribution in [0.1, 0.15) is 19.8 Å². The monoisotopic (exact) mass is 253 g/mol. The summed E-state index contributed by atoms with van der Waals surface area (Å²) in [6, 6.07) is 6.79. The minimum atomic E-state index is -0.320. The number of likely N-dealkylation sites (N-methyl/N-ethyl adjacent to an activating group) is 1. The van der Waals surface area contributed by atoms with Crippen LogP contribution in [0.4, 0.5) is 4.39 Å². The summed E-state index contributed by atoms with van der Waals surface area (Å²) in [5, 5.41) is 3.19. The second-order valence-electron chi connectivity index (χ2n) is 4.55. The van der Waals surface area contributed by atoms with E-state index < -0.39 is 0 Å². The predicted molar refractivity (Wildman–Crippen MR) is 68.3 cm³/mol. The molecular weight excluding hydrogens is 233 g/mol. The van der Waals surface area contributed by atoms with Gasteiger partial charge in [-0.1, -0.05) is 19.1 Å². The number of benzene rings is 1. The third-order valence-corrected chi connectivity index (χ3v) is 3.25. The van der Waals surface area contributed by atoms with E-state index in [1.807, 2.05) is 7.05 Å². The van der Waals surface area contributed by atoms with Gasteiger partial charge >= 0.3 is 0 Å². The molecule has 3 atom stereocenters. The quantitative estimate of drug-likeness (QED) is 0.844. The van der Waals surface area contributed by atoms with Gasteiger partial charge in [0, 0.05) is 19.1 Å². The van der Waals surface area contributed by atoms with Crippen molar-refractivity contribution in [3.05, 3.63) is 30.1 Å². The third kappa shape index (κ3) is 2.82. The summed E-state index contributed by atoms with van der Waals surface area (Å²) >= 11 is 0. The van der Waals surface area contributed by atoms with E-state index in [1.54, 1.807) is 18.2 Å². The van der Waals surface area contributed by atoms with Crippen LogP contribution in [0.15, 0.2) is 24.3 Å². The molecule has 1 aliphatic carbocycles. The van der Waals surface area contributed by atoms with Crippen LogP contribution in [-0.4, -0.2) is 31.9 Å². The maximum Gasteiger partial charge on any atom is 0.165 e. The lowest BCUT2D eigenvalue weighted by molar-refractivity contribution is -0.107. The van der Waals surface area contributed by atoms with Crippen molar-refractivity contribution in [1.29, 1.82) is 0 Å². The van der Waals surface area contributed by atoms with E-state index in [-0.39, 0.29) is 18.0 Å². The molecule has 1 N–H and O–H groups in total. The van der Waals surface area contributed by atoms with E-state index in [4.69, 9.17) is 9.47 Å². The van der Waals surface area contributed by atoms with Crippen LogP contribution in [-0.2, 0) is 4.74 Å². The summed E-state index contributed by atoms with van der Waals surface area (Å²) in [5.41, 5.74) is 0. The molecule has 3 nitrogen and oxygen atoms in total. The first-order chi connectivity index (χ1) is 8.76. The Morgan fingerprint density at radius 3 is 2.83 bits per heavy atom. The number of halogens is 1. The minimum absolute atomic E-state index is 0.00885. The normalized spacial score (nSPS) is 26.7. The fraction of sp³-hybridized carbons (Fsp3) is 0.571. The topological polar surface area (TPSA) is 30.5 Å². The minimum Gasteiger partial charge on any atom is -0.485 e. The first kappa shape index (κ1) is 13.3. The molecule has 0 aromatic heterocycles. The van der Waals surface area contributed by atoms with Gasteiger partial charge in [-0.3, -0.25) is 0 Å². The molecule has 4 heteroatoms. The highest BCUT2D eigenvalue weighted by Crippen LogP contribution is 2.30. The highest BCUT2D eigenvalue weighted by molar-refractivity contribution is 5.24. The Bertz CT molecular complexity index is 386. The van der Waals surface area contributed by atoms with Gasteiger partial charge in [0.1, 0.15) is 12.2 Å². The summed E-state index contributed by atoms with van der Waals surface area (Å²) in [5.74, 6) is -0.0122. The van der Waals surface area contributed by atoms with Gasteiger partial charge in [0.15, 0.2) is 11.6 Å². The van der Waals surface area contributed by atoms with Gasteiger partial charge < -0.3 is 14.8 Å². The van der Waals surface area contributed by atoms with Gasteiger partial charge in [-0.2, -0.15) is 0 Å². The summed E-state index contributed by atoms with van der Waals surface area (Å²) in [4.78, 5) is 0. The molecule has 0 radical (unpaired) electrons. The maximum absolute atomic E-state index is 13.5. The number of nitrogens with one attached hydrogen (secondary N) is 1. The van der Waals surface area contributed by atoms with E-state index in [1.165, 1.54) is 6.07 Å². The first-order valence-electron chi connectivity index (χ1n) is 6.46. The Balaban J connectivity index is 1.95. The molecule has 3 unspecified atom stereocenters. The van der Waals surface area contributed by atoms with Gasteiger partial charge in [-0.05, 0) is 25.6 Å². The van der Waals surface area contributed by atoms with Crippen LogP contribution in [0.3, 0.4) is 0 Å². The molecule has 0 aliphatic heterocycles. The zero-order valence-electron chi connectivity index (χ0n) is 10.9. The fourth-order valence-electron chi connectivity index (χ4n) is 2.16. The van der Waals surface area contributed by atoms with E-state index in [9.17, 15) is 4.39 Å². The largest absolute Gasteiger partial charge is 0.485 e. The zero-order chi connectivity index (χ0) is 13.0. The van der Waals surface area contributed by atoms with Gasteiger partial charge in [0.05, 0.1) is 0 Å². The molecule has 1 saturated carbocycles. The second-order valence-corrected chi connectivity index (χ2v) is 4.55. The molecule has 1 aromatic carbocycles. The summed E-state index contributed by atoms with van der Waals surface area (Å²) in [7, 11) is 1.91. The standard InChI is InChI=1S/C14H20FNO2/c1-3-8-17-14-11(16-2)9-13(14)18-12-7-5-4-6-10(12)15/h4-7,11,13-14,16H,3,8-9H2,1-2H3. The molecule has 0 heterocycles. The van der Waals surface area contributed by atoms with E-state index in [0.717, 1.165) is 12.8 Å². The highest BCUT2D eigenvalue weighted by Gasteiger charge is 2.43. The molecule has 1 aliphatic rings. The van der Waals surface area contributed by atoms with Crippen LogP contribution >= 0.6 is 0 Å². The highest BCUT2D eigenvalue weighted by atomic mass is 19.1. The predicted octanol–water partition coefficient (Wildman–Crippen LogP) is 2.36. The van der Waals surface area contributed by atoms with Crippen LogP contribution in [0, 0.1) is 5.82 Å². The third-order valence-electron chi connectivity index (χ3n) is 3.25. The number of ether oxygens (including phenoxy) is 2. The second kappa shape index (κ2) is 6.16. The Labute approximate surface area is 107 Å². The lowest BCUT2D eigenvalue weighted by atomic mass is 9.85. The summed E-state index contributed by atoms with van der Waals surface area (Å²) in [6.07, 6.45) is 1.76. The van der Waals surface area contributed by atoms with Gasteiger partial charge in [-0.15, -0.1) is 0 Å². The van der Waals surface area contributed by atoms with Crippen LogP contribution in [0.5, 0.6) is 5.75 Å². The number of hydrogen-bond donors (Lipinski definition) is 1.